The normalized spacial score (nSPS) is 22.4. The maximum atomic E-state index is 13.4. The average Bonchev–Trinajstić information content (AvgIpc) is 2.34. The Balaban J connectivity index is 1.99. The predicted molar refractivity (Wildman–Crippen MR) is 65.1 cm³/mol. The Morgan fingerprint density at radius 3 is 2.94 bits per heavy atom. The van der Waals surface area contributed by atoms with Crippen molar-refractivity contribution in [2.24, 2.45) is 5.73 Å². The van der Waals surface area contributed by atoms with Gasteiger partial charge in [0.2, 0.25) is 0 Å². The molecule has 0 aliphatic carbocycles. The summed E-state index contributed by atoms with van der Waals surface area (Å²) in [5, 5.41) is 0. The van der Waals surface area contributed by atoms with Gasteiger partial charge in [-0.1, -0.05) is 6.07 Å². The van der Waals surface area contributed by atoms with E-state index in [9.17, 15) is 8.78 Å². The number of hydrogen-bond donors (Lipinski definition) is 1. The van der Waals surface area contributed by atoms with Crippen molar-refractivity contribution in [2.75, 3.05) is 18.1 Å². The van der Waals surface area contributed by atoms with Crippen LogP contribution in [0.2, 0.25) is 0 Å². The standard InChI is InChI=1S/C12H15F2NOS/c13-9-2-1-8(10(14)6-9)5-11(15)12-7-17-4-3-16-12/h1-2,6,11-12H,3-5,7,15H2. The van der Waals surface area contributed by atoms with Crippen LogP contribution < -0.4 is 5.73 Å². The largest absolute Gasteiger partial charge is 0.375 e. The highest BCUT2D eigenvalue weighted by molar-refractivity contribution is 7.99. The van der Waals surface area contributed by atoms with Crippen molar-refractivity contribution in [1.82, 2.24) is 0 Å². The fourth-order valence-corrected chi connectivity index (χ4v) is 2.78. The molecule has 17 heavy (non-hydrogen) atoms. The van der Waals surface area contributed by atoms with E-state index in [1.807, 2.05) is 0 Å². The second-order valence-corrected chi connectivity index (χ2v) is 5.24. The van der Waals surface area contributed by atoms with E-state index >= 15 is 0 Å². The maximum absolute atomic E-state index is 13.4. The van der Waals surface area contributed by atoms with Crippen molar-refractivity contribution >= 4 is 11.8 Å². The number of hydrogen-bond acceptors (Lipinski definition) is 3. The minimum absolute atomic E-state index is 0.0433. The van der Waals surface area contributed by atoms with Crippen LogP contribution in [-0.4, -0.2) is 30.3 Å². The summed E-state index contributed by atoms with van der Waals surface area (Å²) in [6.45, 7) is 0.689. The van der Waals surface area contributed by atoms with Gasteiger partial charge in [0.25, 0.3) is 0 Å². The van der Waals surface area contributed by atoms with Gasteiger partial charge >= 0.3 is 0 Å². The van der Waals surface area contributed by atoms with Crippen LogP contribution in [0.25, 0.3) is 0 Å². The van der Waals surface area contributed by atoms with E-state index in [2.05, 4.69) is 0 Å². The van der Waals surface area contributed by atoms with E-state index in [1.165, 1.54) is 12.1 Å². The summed E-state index contributed by atoms with van der Waals surface area (Å²) in [4.78, 5) is 0. The van der Waals surface area contributed by atoms with Gasteiger partial charge < -0.3 is 10.5 Å². The highest BCUT2D eigenvalue weighted by Gasteiger charge is 2.22. The van der Waals surface area contributed by atoms with Crippen LogP contribution in [0.15, 0.2) is 18.2 Å². The Hall–Kier alpha value is -0.650. The van der Waals surface area contributed by atoms with E-state index in [0.717, 1.165) is 17.6 Å². The van der Waals surface area contributed by atoms with Gasteiger partial charge in [-0.2, -0.15) is 11.8 Å². The molecule has 0 saturated carbocycles. The summed E-state index contributed by atoms with van der Waals surface area (Å²) in [5.74, 6) is 0.714. The van der Waals surface area contributed by atoms with E-state index in [0.29, 0.717) is 18.6 Å². The highest BCUT2D eigenvalue weighted by atomic mass is 32.2. The van der Waals surface area contributed by atoms with Crippen molar-refractivity contribution in [3.63, 3.8) is 0 Å². The molecule has 5 heteroatoms. The van der Waals surface area contributed by atoms with Gasteiger partial charge in [0, 0.05) is 23.6 Å². The average molecular weight is 259 g/mol. The first-order valence-electron chi connectivity index (χ1n) is 5.55. The molecule has 2 N–H and O–H groups in total. The zero-order chi connectivity index (χ0) is 12.3. The number of benzene rings is 1. The molecule has 1 aromatic carbocycles. The Kier molecular flexibility index (Phi) is 4.36. The molecule has 0 radical (unpaired) electrons. The van der Waals surface area contributed by atoms with E-state index < -0.39 is 11.6 Å². The van der Waals surface area contributed by atoms with Gasteiger partial charge in [0.1, 0.15) is 11.6 Å². The molecule has 2 atom stereocenters. The number of ether oxygens (including phenoxy) is 1. The molecular formula is C12H15F2NOS. The van der Waals surface area contributed by atoms with Crippen LogP contribution in [0.1, 0.15) is 5.56 Å². The van der Waals surface area contributed by atoms with E-state index in [-0.39, 0.29) is 12.1 Å². The molecule has 2 nitrogen and oxygen atoms in total. The molecule has 1 fully saturated rings. The lowest BCUT2D eigenvalue weighted by atomic mass is 10.0. The van der Waals surface area contributed by atoms with Crippen molar-refractivity contribution in [1.29, 1.82) is 0 Å². The Labute approximate surface area is 104 Å². The lowest BCUT2D eigenvalue weighted by molar-refractivity contribution is 0.0570. The number of halogens is 2. The minimum atomic E-state index is -0.565. The van der Waals surface area contributed by atoms with Gasteiger partial charge in [-0.25, -0.2) is 8.78 Å². The first-order valence-corrected chi connectivity index (χ1v) is 6.71. The number of rotatable bonds is 3. The monoisotopic (exact) mass is 259 g/mol. The summed E-state index contributed by atoms with van der Waals surface area (Å²) in [6, 6.07) is 3.34. The lowest BCUT2D eigenvalue weighted by Crippen LogP contribution is -2.42. The van der Waals surface area contributed by atoms with Crippen LogP contribution in [0.5, 0.6) is 0 Å². The fraction of sp³-hybridized carbons (Fsp3) is 0.500. The van der Waals surface area contributed by atoms with E-state index in [1.54, 1.807) is 11.8 Å². The molecule has 2 rings (SSSR count). The minimum Gasteiger partial charge on any atom is -0.375 e. The first kappa shape index (κ1) is 12.8. The molecule has 0 amide bonds. The van der Waals surface area contributed by atoms with Gasteiger partial charge in [-0.3, -0.25) is 0 Å². The quantitative estimate of drug-likeness (QED) is 0.901. The Bertz CT molecular complexity index is 383. The van der Waals surface area contributed by atoms with Crippen molar-refractivity contribution < 1.29 is 13.5 Å². The van der Waals surface area contributed by atoms with Crippen molar-refractivity contribution in [3.8, 4) is 0 Å². The molecule has 1 aromatic rings. The van der Waals surface area contributed by atoms with Crippen molar-refractivity contribution in [2.45, 2.75) is 18.6 Å². The fourth-order valence-electron chi connectivity index (χ4n) is 1.83. The smallest absolute Gasteiger partial charge is 0.129 e. The van der Waals surface area contributed by atoms with Gasteiger partial charge in [-0.05, 0) is 18.1 Å². The lowest BCUT2D eigenvalue weighted by Gasteiger charge is -2.27. The molecule has 2 unspecified atom stereocenters. The summed E-state index contributed by atoms with van der Waals surface area (Å²) >= 11 is 1.79. The van der Waals surface area contributed by atoms with Crippen LogP contribution in [0.3, 0.4) is 0 Å². The summed E-state index contributed by atoms with van der Waals surface area (Å²) < 4.78 is 31.7. The molecule has 1 aliphatic rings. The highest BCUT2D eigenvalue weighted by Crippen LogP contribution is 2.18. The van der Waals surface area contributed by atoms with Gasteiger partial charge in [-0.15, -0.1) is 0 Å². The Morgan fingerprint density at radius 2 is 2.29 bits per heavy atom. The second-order valence-electron chi connectivity index (χ2n) is 4.09. The zero-order valence-corrected chi connectivity index (χ0v) is 10.2. The van der Waals surface area contributed by atoms with E-state index in [4.69, 9.17) is 10.5 Å². The zero-order valence-electron chi connectivity index (χ0n) is 9.36. The van der Waals surface area contributed by atoms with Crippen LogP contribution >= 0.6 is 11.8 Å². The third-order valence-corrected chi connectivity index (χ3v) is 3.81. The first-order chi connectivity index (χ1) is 8.16. The summed E-state index contributed by atoms with van der Waals surface area (Å²) in [7, 11) is 0. The number of thioether (sulfide) groups is 1. The second kappa shape index (κ2) is 5.80. The molecule has 1 heterocycles. The summed E-state index contributed by atoms with van der Waals surface area (Å²) in [5.41, 5.74) is 6.43. The maximum Gasteiger partial charge on any atom is 0.129 e. The van der Waals surface area contributed by atoms with Crippen LogP contribution in [0.4, 0.5) is 8.78 Å². The topological polar surface area (TPSA) is 35.2 Å². The predicted octanol–water partition coefficient (Wildman–Crippen LogP) is 1.97. The Morgan fingerprint density at radius 1 is 1.47 bits per heavy atom. The van der Waals surface area contributed by atoms with Crippen LogP contribution in [-0.2, 0) is 11.2 Å². The van der Waals surface area contributed by atoms with Crippen LogP contribution in [0, 0.1) is 11.6 Å². The SMILES string of the molecule is NC(Cc1ccc(F)cc1F)C1CSCCO1. The molecule has 94 valence electrons. The molecule has 1 saturated heterocycles. The molecule has 0 bridgehead atoms. The molecule has 0 spiro atoms. The molecule has 1 aliphatic heterocycles. The third kappa shape index (κ3) is 3.40. The summed E-state index contributed by atoms with van der Waals surface area (Å²) in [6.07, 6.45) is 0.329. The molecule has 0 aromatic heterocycles. The van der Waals surface area contributed by atoms with Gasteiger partial charge in [0.05, 0.1) is 12.7 Å². The third-order valence-electron chi connectivity index (χ3n) is 2.79. The number of nitrogens with two attached hydrogens (primary N) is 1. The van der Waals surface area contributed by atoms with Gasteiger partial charge in [0.15, 0.2) is 0 Å². The molecular weight excluding hydrogens is 244 g/mol. The van der Waals surface area contributed by atoms with Crippen molar-refractivity contribution in [3.05, 3.63) is 35.4 Å².